The van der Waals surface area contributed by atoms with Crippen LogP contribution >= 0.6 is 11.3 Å². The number of ether oxygens (including phenoxy) is 2. The van der Waals surface area contributed by atoms with Gasteiger partial charge in [-0.2, -0.15) is 0 Å². The SMILES string of the molecule is CCOc1nc(C2COCCN2)cs1. The maximum absolute atomic E-state index is 5.37. The standard InChI is InChI=1S/C9H14N2O2S/c1-2-13-9-11-8(6-14-9)7-5-12-4-3-10-7/h6-7,10H,2-5H2,1H3. The van der Waals surface area contributed by atoms with Gasteiger partial charge in [-0.15, -0.1) is 0 Å². The molecule has 1 aliphatic rings. The molecular weight excluding hydrogens is 200 g/mol. The monoisotopic (exact) mass is 214 g/mol. The van der Waals surface area contributed by atoms with E-state index in [-0.39, 0.29) is 6.04 Å². The van der Waals surface area contributed by atoms with E-state index < -0.39 is 0 Å². The maximum Gasteiger partial charge on any atom is 0.273 e. The van der Waals surface area contributed by atoms with Gasteiger partial charge < -0.3 is 14.8 Å². The van der Waals surface area contributed by atoms with Crippen LogP contribution in [0.15, 0.2) is 5.38 Å². The van der Waals surface area contributed by atoms with Crippen LogP contribution in [0.4, 0.5) is 0 Å². The number of aromatic nitrogens is 1. The maximum atomic E-state index is 5.37. The van der Waals surface area contributed by atoms with Crippen molar-refractivity contribution in [2.45, 2.75) is 13.0 Å². The number of nitrogens with one attached hydrogen (secondary N) is 1. The fraction of sp³-hybridized carbons (Fsp3) is 0.667. The zero-order chi connectivity index (χ0) is 9.80. The average molecular weight is 214 g/mol. The third-order valence-corrected chi connectivity index (χ3v) is 2.82. The number of hydrogen-bond acceptors (Lipinski definition) is 5. The molecule has 2 heterocycles. The highest BCUT2D eigenvalue weighted by molar-refractivity contribution is 7.11. The molecule has 78 valence electrons. The smallest absolute Gasteiger partial charge is 0.273 e. The van der Waals surface area contributed by atoms with Crippen molar-refractivity contribution in [2.75, 3.05) is 26.4 Å². The van der Waals surface area contributed by atoms with Gasteiger partial charge in [0.1, 0.15) is 0 Å². The first kappa shape index (κ1) is 9.89. The van der Waals surface area contributed by atoms with Crippen LogP contribution in [0, 0.1) is 0 Å². The molecule has 1 aromatic heterocycles. The van der Waals surface area contributed by atoms with E-state index in [9.17, 15) is 0 Å². The van der Waals surface area contributed by atoms with E-state index in [1.807, 2.05) is 12.3 Å². The van der Waals surface area contributed by atoms with Crippen LogP contribution in [0.2, 0.25) is 0 Å². The fourth-order valence-corrected chi connectivity index (χ4v) is 2.16. The van der Waals surface area contributed by atoms with Crippen molar-refractivity contribution in [3.8, 4) is 5.19 Å². The summed E-state index contributed by atoms with van der Waals surface area (Å²) >= 11 is 1.54. The van der Waals surface area contributed by atoms with Crippen molar-refractivity contribution < 1.29 is 9.47 Å². The molecule has 14 heavy (non-hydrogen) atoms. The second-order valence-electron chi connectivity index (χ2n) is 3.05. The Morgan fingerprint density at radius 2 is 2.71 bits per heavy atom. The lowest BCUT2D eigenvalue weighted by molar-refractivity contribution is 0.0756. The molecule has 0 amide bonds. The quantitative estimate of drug-likeness (QED) is 0.821. The first-order chi connectivity index (χ1) is 6.90. The molecule has 1 saturated heterocycles. The van der Waals surface area contributed by atoms with E-state index in [2.05, 4.69) is 10.3 Å². The summed E-state index contributed by atoms with van der Waals surface area (Å²) in [6.07, 6.45) is 0. The number of morpholine rings is 1. The molecule has 1 atom stereocenters. The summed E-state index contributed by atoms with van der Waals surface area (Å²) in [5, 5.41) is 6.12. The zero-order valence-electron chi connectivity index (χ0n) is 8.16. The van der Waals surface area contributed by atoms with E-state index in [4.69, 9.17) is 9.47 Å². The second-order valence-corrected chi connectivity index (χ2v) is 3.87. The van der Waals surface area contributed by atoms with Crippen LogP contribution in [0.3, 0.4) is 0 Å². The lowest BCUT2D eigenvalue weighted by Gasteiger charge is -2.21. The van der Waals surface area contributed by atoms with E-state index in [0.717, 1.165) is 24.0 Å². The molecular formula is C9H14N2O2S. The average Bonchev–Trinajstić information content (AvgIpc) is 2.68. The molecule has 0 bridgehead atoms. The van der Waals surface area contributed by atoms with Crippen LogP contribution in [0.25, 0.3) is 0 Å². The van der Waals surface area contributed by atoms with E-state index in [1.54, 1.807) is 0 Å². The van der Waals surface area contributed by atoms with Gasteiger partial charge in [-0.3, -0.25) is 0 Å². The Hall–Kier alpha value is -0.650. The van der Waals surface area contributed by atoms with Crippen LogP contribution in [0.1, 0.15) is 18.7 Å². The lowest BCUT2D eigenvalue weighted by atomic mass is 10.2. The molecule has 1 fully saturated rings. The Morgan fingerprint density at radius 3 is 3.43 bits per heavy atom. The second kappa shape index (κ2) is 4.72. The van der Waals surface area contributed by atoms with Crippen molar-refractivity contribution >= 4 is 11.3 Å². The first-order valence-electron chi connectivity index (χ1n) is 4.79. The minimum atomic E-state index is 0.231. The number of hydrogen-bond donors (Lipinski definition) is 1. The third kappa shape index (κ3) is 2.23. The fourth-order valence-electron chi connectivity index (χ4n) is 1.37. The predicted octanol–water partition coefficient (Wildman–Crippen LogP) is 1.20. The zero-order valence-corrected chi connectivity index (χ0v) is 8.97. The first-order valence-corrected chi connectivity index (χ1v) is 5.67. The predicted molar refractivity (Wildman–Crippen MR) is 54.8 cm³/mol. The summed E-state index contributed by atoms with van der Waals surface area (Å²) in [6.45, 7) is 5.02. The van der Waals surface area contributed by atoms with Crippen molar-refractivity contribution in [1.82, 2.24) is 10.3 Å². The van der Waals surface area contributed by atoms with Crippen molar-refractivity contribution in [3.63, 3.8) is 0 Å². The summed E-state index contributed by atoms with van der Waals surface area (Å²) < 4.78 is 10.7. The van der Waals surface area contributed by atoms with Gasteiger partial charge in [0, 0.05) is 11.9 Å². The Balaban J connectivity index is 2.00. The molecule has 2 rings (SSSR count). The molecule has 4 nitrogen and oxygen atoms in total. The normalized spacial score (nSPS) is 22.2. The van der Waals surface area contributed by atoms with Gasteiger partial charge in [-0.25, -0.2) is 4.98 Å². The summed E-state index contributed by atoms with van der Waals surface area (Å²) in [6, 6.07) is 0.231. The van der Waals surface area contributed by atoms with Crippen LogP contribution in [-0.2, 0) is 4.74 Å². The lowest BCUT2D eigenvalue weighted by Crippen LogP contribution is -2.34. The van der Waals surface area contributed by atoms with Gasteiger partial charge in [0.05, 0.1) is 31.6 Å². The van der Waals surface area contributed by atoms with Gasteiger partial charge in [0.15, 0.2) is 0 Å². The van der Waals surface area contributed by atoms with Gasteiger partial charge in [-0.05, 0) is 6.92 Å². The van der Waals surface area contributed by atoms with Crippen molar-refractivity contribution in [2.24, 2.45) is 0 Å². The highest BCUT2D eigenvalue weighted by Crippen LogP contribution is 2.23. The number of rotatable bonds is 3. The third-order valence-electron chi connectivity index (χ3n) is 2.05. The Labute approximate surface area is 87.3 Å². The summed E-state index contributed by atoms with van der Waals surface area (Å²) in [5.74, 6) is 0. The minimum absolute atomic E-state index is 0.231. The van der Waals surface area contributed by atoms with Gasteiger partial charge >= 0.3 is 0 Å². The molecule has 5 heteroatoms. The van der Waals surface area contributed by atoms with Crippen molar-refractivity contribution in [3.05, 3.63) is 11.1 Å². The molecule has 0 aromatic carbocycles. The largest absolute Gasteiger partial charge is 0.470 e. The van der Waals surface area contributed by atoms with Crippen LogP contribution in [-0.4, -0.2) is 31.3 Å². The Bertz CT molecular complexity index is 284. The summed E-state index contributed by atoms with van der Waals surface area (Å²) in [7, 11) is 0. The molecule has 0 radical (unpaired) electrons. The molecule has 0 saturated carbocycles. The molecule has 1 unspecified atom stereocenters. The highest BCUT2D eigenvalue weighted by Gasteiger charge is 2.18. The van der Waals surface area contributed by atoms with Crippen LogP contribution < -0.4 is 10.1 Å². The Kier molecular flexibility index (Phi) is 3.34. The van der Waals surface area contributed by atoms with Crippen molar-refractivity contribution in [1.29, 1.82) is 0 Å². The molecule has 0 spiro atoms. The topological polar surface area (TPSA) is 43.4 Å². The van der Waals surface area contributed by atoms with Gasteiger partial charge in [-0.1, -0.05) is 11.3 Å². The van der Waals surface area contributed by atoms with Gasteiger partial charge in [0.2, 0.25) is 0 Å². The molecule has 1 aliphatic heterocycles. The minimum Gasteiger partial charge on any atom is -0.470 e. The molecule has 1 N–H and O–H groups in total. The van der Waals surface area contributed by atoms with E-state index >= 15 is 0 Å². The summed E-state index contributed by atoms with van der Waals surface area (Å²) in [4.78, 5) is 4.38. The van der Waals surface area contributed by atoms with E-state index in [0.29, 0.717) is 13.2 Å². The van der Waals surface area contributed by atoms with E-state index in [1.165, 1.54) is 11.3 Å². The van der Waals surface area contributed by atoms with Crippen LogP contribution in [0.5, 0.6) is 5.19 Å². The number of nitrogens with zero attached hydrogens (tertiary/aromatic N) is 1. The summed E-state index contributed by atoms with van der Waals surface area (Å²) in [5.41, 5.74) is 1.03. The molecule has 1 aromatic rings. The van der Waals surface area contributed by atoms with Gasteiger partial charge in [0.25, 0.3) is 5.19 Å². The Morgan fingerprint density at radius 1 is 1.79 bits per heavy atom. The number of thiazole rings is 1. The molecule has 0 aliphatic carbocycles. The highest BCUT2D eigenvalue weighted by atomic mass is 32.1.